The summed E-state index contributed by atoms with van der Waals surface area (Å²) < 4.78 is 4.97. The van der Waals surface area contributed by atoms with E-state index in [4.69, 9.17) is 16.3 Å². The summed E-state index contributed by atoms with van der Waals surface area (Å²) in [6.45, 7) is 3.17. The van der Waals surface area contributed by atoms with Crippen LogP contribution in [0, 0.1) is 5.92 Å². The molecule has 0 radical (unpaired) electrons. The predicted molar refractivity (Wildman–Crippen MR) is 62.6 cm³/mol. The molecule has 5 heteroatoms. The molecule has 0 fully saturated rings. The number of nitrogens with one attached hydrogen (secondary N) is 1. The normalized spacial score (nSPS) is 12.2. The highest BCUT2D eigenvalue weighted by Crippen LogP contribution is 2.05. The Morgan fingerprint density at radius 1 is 1.62 bits per heavy atom. The Bertz CT molecular complexity index is 358. The van der Waals surface area contributed by atoms with Crippen molar-refractivity contribution < 1.29 is 9.53 Å². The van der Waals surface area contributed by atoms with Gasteiger partial charge in [0.15, 0.2) is 0 Å². The van der Waals surface area contributed by atoms with Gasteiger partial charge >= 0.3 is 0 Å². The third-order valence-corrected chi connectivity index (χ3v) is 2.22. The Labute approximate surface area is 100.0 Å². The van der Waals surface area contributed by atoms with Gasteiger partial charge in [-0.2, -0.15) is 0 Å². The fourth-order valence-corrected chi connectivity index (χ4v) is 1.40. The largest absolute Gasteiger partial charge is 0.384 e. The van der Waals surface area contributed by atoms with Crippen molar-refractivity contribution in [2.75, 3.05) is 20.3 Å². The summed E-state index contributed by atoms with van der Waals surface area (Å²) >= 11 is 5.69. The predicted octanol–water partition coefficient (Wildman–Crippen LogP) is 1.75. The van der Waals surface area contributed by atoms with E-state index in [2.05, 4.69) is 10.3 Å². The molecule has 0 bridgehead atoms. The zero-order chi connectivity index (χ0) is 12.0. The van der Waals surface area contributed by atoms with Gasteiger partial charge in [-0.3, -0.25) is 4.79 Å². The molecule has 1 aromatic rings. The van der Waals surface area contributed by atoms with Crippen LogP contribution in [0.1, 0.15) is 17.4 Å². The summed E-state index contributed by atoms with van der Waals surface area (Å²) in [7, 11) is 1.64. The number of methoxy groups -OCH3 is 1. The van der Waals surface area contributed by atoms with Crippen molar-refractivity contribution in [1.82, 2.24) is 10.3 Å². The van der Waals surface area contributed by atoms with Crippen LogP contribution < -0.4 is 5.32 Å². The molecule has 0 aliphatic rings. The number of pyridine rings is 1. The number of hydrogen-bond donors (Lipinski definition) is 1. The lowest BCUT2D eigenvalue weighted by molar-refractivity contribution is 0.0929. The van der Waals surface area contributed by atoms with Crippen molar-refractivity contribution in [3.8, 4) is 0 Å². The zero-order valence-corrected chi connectivity index (χ0v) is 10.1. The Morgan fingerprint density at radius 2 is 2.38 bits per heavy atom. The number of carbonyl (C=O) groups is 1. The van der Waals surface area contributed by atoms with Crippen LogP contribution in [-0.4, -0.2) is 31.2 Å². The summed E-state index contributed by atoms with van der Waals surface area (Å²) in [6, 6.07) is 4.96. The third-order valence-electron chi connectivity index (χ3n) is 2.01. The second-order valence-electron chi connectivity index (χ2n) is 3.62. The molecule has 0 saturated heterocycles. The van der Waals surface area contributed by atoms with Crippen LogP contribution in [0.3, 0.4) is 0 Å². The van der Waals surface area contributed by atoms with E-state index in [1.165, 1.54) is 0 Å². The van der Waals surface area contributed by atoms with Crippen molar-refractivity contribution in [3.05, 3.63) is 29.0 Å². The molecule has 1 aromatic heterocycles. The van der Waals surface area contributed by atoms with E-state index in [0.29, 0.717) is 24.0 Å². The van der Waals surface area contributed by atoms with Crippen LogP contribution in [0.2, 0.25) is 5.15 Å². The minimum Gasteiger partial charge on any atom is -0.384 e. The Balaban J connectivity index is 2.47. The quantitative estimate of drug-likeness (QED) is 0.801. The number of hydrogen-bond acceptors (Lipinski definition) is 3. The molecule has 0 aliphatic heterocycles. The van der Waals surface area contributed by atoms with Crippen LogP contribution in [0.25, 0.3) is 0 Å². The minimum absolute atomic E-state index is 0.217. The summed E-state index contributed by atoms with van der Waals surface area (Å²) in [4.78, 5) is 15.6. The Kier molecular flexibility index (Phi) is 5.22. The smallest absolute Gasteiger partial charge is 0.269 e. The van der Waals surface area contributed by atoms with E-state index < -0.39 is 0 Å². The standard InChI is InChI=1S/C11H15ClN2O2/c1-8(7-16-2)6-13-11(15)9-4-3-5-10(12)14-9/h3-5,8H,6-7H2,1-2H3,(H,13,15). The molecular weight excluding hydrogens is 228 g/mol. The lowest BCUT2D eigenvalue weighted by Gasteiger charge is -2.11. The molecule has 0 aromatic carbocycles. The first kappa shape index (κ1) is 12.9. The highest BCUT2D eigenvalue weighted by Gasteiger charge is 2.09. The fourth-order valence-electron chi connectivity index (χ4n) is 1.24. The van der Waals surface area contributed by atoms with Crippen LogP contribution in [0.4, 0.5) is 0 Å². The second-order valence-corrected chi connectivity index (χ2v) is 4.00. The average molecular weight is 243 g/mol. The second kappa shape index (κ2) is 6.45. The first-order valence-corrected chi connectivity index (χ1v) is 5.41. The number of rotatable bonds is 5. The van der Waals surface area contributed by atoms with Crippen LogP contribution in [0.5, 0.6) is 0 Å². The maximum Gasteiger partial charge on any atom is 0.269 e. The minimum atomic E-state index is -0.217. The van der Waals surface area contributed by atoms with Gasteiger partial charge in [0.05, 0.1) is 6.61 Å². The topological polar surface area (TPSA) is 51.2 Å². The van der Waals surface area contributed by atoms with E-state index in [1.807, 2.05) is 6.92 Å². The lowest BCUT2D eigenvalue weighted by Crippen LogP contribution is -2.30. The molecule has 0 saturated carbocycles. The number of carbonyl (C=O) groups excluding carboxylic acids is 1. The highest BCUT2D eigenvalue weighted by molar-refractivity contribution is 6.29. The van der Waals surface area contributed by atoms with E-state index in [1.54, 1.807) is 25.3 Å². The van der Waals surface area contributed by atoms with Crippen LogP contribution in [-0.2, 0) is 4.74 Å². The van der Waals surface area contributed by atoms with E-state index in [0.717, 1.165) is 0 Å². The number of ether oxygens (including phenoxy) is 1. The van der Waals surface area contributed by atoms with E-state index in [-0.39, 0.29) is 11.8 Å². The van der Waals surface area contributed by atoms with Crippen LogP contribution >= 0.6 is 11.6 Å². The van der Waals surface area contributed by atoms with E-state index in [9.17, 15) is 4.79 Å². The molecule has 0 spiro atoms. The zero-order valence-electron chi connectivity index (χ0n) is 9.37. The summed E-state index contributed by atoms with van der Waals surface area (Å²) in [5.74, 6) is 0.0542. The van der Waals surface area contributed by atoms with Crippen molar-refractivity contribution in [2.24, 2.45) is 5.92 Å². The summed E-state index contributed by atoms with van der Waals surface area (Å²) in [6.07, 6.45) is 0. The molecular formula is C11H15ClN2O2. The molecule has 88 valence electrons. The molecule has 1 rings (SSSR count). The van der Waals surface area contributed by atoms with Gasteiger partial charge in [-0.15, -0.1) is 0 Å². The molecule has 0 aliphatic carbocycles. The van der Waals surface area contributed by atoms with Gasteiger partial charge in [0, 0.05) is 13.7 Å². The molecule has 1 N–H and O–H groups in total. The third kappa shape index (κ3) is 4.16. The van der Waals surface area contributed by atoms with Crippen molar-refractivity contribution >= 4 is 17.5 Å². The molecule has 1 unspecified atom stereocenters. The summed E-state index contributed by atoms with van der Waals surface area (Å²) in [5, 5.41) is 3.09. The molecule has 1 atom stereocenters. The van der Waals surface area contributed by atoms with Gasteiger partial charge in [0.25, 0.3) is 5.91 Å². The van der Waals surface area contributed by atoms with Gasteiger partial charge in [0.2, 0.25) is 0 Å². The van der Waals surface area contributed by atoms with Crippen molar-refractivity contribution in [3.63, 3.8) is 0 Å². The average Bonchev–Trinajstić information content (AvgIpc) is 2.26. The first-order valence-electron chi connectivity index (χ1n) is 5.03. The van der Waals surface area contributed by atoms with Gasteiger partial charge in [0.1, 0.15) is 10.8 Å². The van der Waals surface area contributed by atoms with Crippen molar-refractivity contribution in [1.29, 1.82) is 0 Å². The maximum absolute atomic E-state index is 11.6. The molecule has 1 heterocycles. The summed E-state index contributed by atoms with van der Waals surface area (Å²) in [5.41, 5.74) is 0.331. The Morgan fingerprint density at radius 3 is 3.00 bits per heavy atom. The maximum atomic E-state index is 11.6. The highest BCUT2D eigenvalue weighted by atomic mass is 35.5. The Hall–Kier alpha value is -1.13. The number of amides is 1. The lowest BCUT2D eigenvalue weighted by atomic mass is 10.2. The number of nitrogens with zero attached hydrogens (tertiary/aromatic N) is 1. The molecule has 4 nitrogen and oxygen atoms in total. The monoisotopic (exact) mass is 242 g/mol. The van der Waals surface area contributed by atoms with Gasteiger partial charge in [-0.05, 0) is 18.1 Å². The SMILES string of the molecule is COCC(C)CNC(=O)c1cccc(Cl)n1. The van der Waals surface area contributed by atoms with Gasteiger partial charge in [-0.1, -0.05) is 24.6 Å². The molecule has 1 amide bonds. The number of halogens is 1. The van der Waals surface area contributed by atoms with Crippen LogP contribution in [0.15, 0.2) is 18.2 Å². The first-order chi connectivity index (χ1) is 7.63. The van der Waals surface area contributed by atoms with Gasteiger partial charge in [-0.25, -0.2) is 4.98 Å². The van der Waals surface area contributed by atoms with Crippen molar-refractivity contribution in [2.45, 2.75) is 6.92 Å². The molecule has 16 heavy (non-hydrogen) atoms. The number of aromatic nitrogens is 1. The van der Waals surface area contributed by atoms with E-state index >= 15 is 0 Å². The van der Waals surface area contributed by atoms with Gasteiger partial charge < -0.3 is 10.1 Å². The fraction of sp³-hybridized carbons (Fsp3) is 0.455.